The average Bonchev–Trinajstić information content (AvgIpc) is 2.40. The Balaban J connectivity index is 2.24. The zero-order valence-corrected chi connectivity index (χ0v) is 10.3. The van der Waals surface area contributed by atoms with E-state index in [2.05, 4.69) is 5.32 Å². The molecule has 1 fully saturated rings. The Morgan fingerprint density at radius 2 is 2.00 bits per heavy atom. The van der Waals surface area contributed by atoms with Crippen LogP contribution in [0.4, 0.5) is 8.78 Å². The molecule has 1 aliphatic rings. The first kappa shape index (κ1) is 13.4. The zero-order valence-electron chi connectivity index (χ0n) is 10.3. The third-order valence-corrected chi connectivity index (χ3v) is 3.75. The third kappa shape index (κ3) is 3.06. The van der Waals surface area contributed by atoms with Crippen LogP contribution < -0.4 is 5.32 Å². The van der Waals surface area contributed by atoms with Gasteiger partial charge in [0.05, 0.1) is 0 Å². The summed E-state index contributed by atoms with van der Waals surface area (Å²) in [6, 6.07) is 3.59. The molecular formula is C14H19F2NO. The second-order valence-corrected chi connectivity index (χ2v) is 4.87. The van der Waals surface area contributed by atoms with Crippen LogP contribution in [0.15, 0.2) is 18.2 Å². The van der Waals surface area contributed by atoms with Gasteiger partial charge in [0.15, 0.2) is 0 Å². The highest BCUT2D eigenvalue weighted by Gasteiger charge is 2.26. The summed E-state index contributed by atoms with van der Waals surface area (Å²) < 4.78 is 27.1. The number of halogens is 2. The molecular weight excluding hydrogens is 236 g/mol. The maximum absolute atomic E-state index is 13.8. The lowest BCUT2D eigenvalue weighted by atomic mass is 9.78. The second kappa shape index (κ2) is 6.25. The summed E-state index contributed by atoms with van der Waals surface area (Å²) in [5, 5.41) is 12.4. The number of piperidine rings is 1. The quantitative estimate of drug-likeness (QED) is 0.866. The van der Waals surface area contributed by atoms with Crippen molar-refractivity contribution in [2.75, 3.05) is 19.7 Å². The fraction of sp³-hybridized carbons (Fsp3) is 0.571. The van der Waals surface area contributed by atoms with Crippen LogP contribution in [0.1, 0.15) is 30.7 Å². The SMILES string of the molecule is OCCC(c1cc(F)ccc1F)C1CCNCC1. The van der Waals surface area contributed by atoms with E-state index < -0.39 is 5.82 Å². The van der Waals surface area contributed by atoms with Gasteiger partial charge < -0.3 is 10.4 Å². The Hall–Kier alpha value is -1.00. The van der Waals surface area contributed by atoms with Gasteiger partial charge in [-0.3, -0.25) is 0 Å². The van der Waals surface area contributed by atoms with E-state index in [9.17, 15) is 8.78 Å². The first-order valence-electron chi connectivity index (χ1n) is 6.49. The fourth-order valence-corrected chi connectivity index (χ4v) is 2.83. The lowest BCUT2D eigenvalue weighted by molar-refractivity contribution is 0.231. The van der Waals surface area contributed by atoms with Crippen molar-refractivity contribution in [3.05, 3.63) is 35.4 Å². The summed E-state index contributed by atoms with van der Waals surface area (Å²) in [7, 11) is 0. The number of hydrogen-bond acceptors (Lipinski definition) is 2. The van der Waals surface area contributed by atoms with Crippen LogP contribution in [-0.4, -0.2) is 24.8 Å². The van der Waals surface area contributed by atoms with E-state index in [4.69, 9.17) is 5.11 Å². The minimum Gasteiger partial charge on any atom is -0.396 e. The van der Waals surface area contributed by atoms with Crippen LogP contribution >= 0.6 is 0 Å². The minimum absolute atomic E-state index is 0.00451. The van der Waals surface area contributed by atoms with E-state index in [0.717, 1.165) is 32.0 Å². The monoisotopic (exact) mass is 255 g/mol. The van der Waals surface area contributed by atoms with E-state index >= 15 is 0 Å². The molecule has 4 heteroatoms. The predicted molar refractivity (Wildman–Crippen MR) is 66.4 cm³/mol. The van der Waals surface area contributed by atoms with Crippen molar-refractivity contribution in [1.82, 2.24) is 5.32 Å². The fourth-order valence-electron chi connectivity index (χ4n) is 2.83. The van der Waals surface area contributed by atoms with Crippen molar-refractivity contribution in [2.24, 2.45) is 5.92 Å². The van der Waals surface area contributed by atoms with Gasteiger partial charge >= 0.3 is 0 Å². The Bertz CT molecular complexity index is 391. The molecule has 0 radical (unpaired) electrons. The van der Waals surface area contributed by atoms with Gasteiger partial charge in [0.25, 0.3) is 0 Å². The average molecular weight is 255 g/mol. The van der Waals surface area contributed by atoms with Gasteiger partial charge in [0.1, 0.15) is 11.6 Å². The third-order valence-electron chi connectivity index (χ3n) is 3.75. The Morgan fingerprint density at radius 3 is 2.67 bits per heavy atom. The van der Waals surface area contributed by atoms with Gasteiger partial charge in [-0.05, 0) is 68.0 Å². The van der Waals surface area contributed by atoms with Crippen LogP contribution in [0.2, 0.25) is 0 Å². The molecule has 1 atom stereocenters. The second-order valence-electron chi connectivity index (χ2n) is 4.87. The minimum atomic E-state index is -0.414. The Kier molecular flexibility index (Phi) is 4.66. The molecule has 1 aromatic rings. The summed E-state index contributed by atoms with van der Waals surface area (Å²) in [6.45, 7) is 1.82. The molecule has 1 aromatic carbocycles. The Labute approximate surface area is 106 Å². The van der Waals surface area contributed by atoms with E-state index in [1.54, 1.807) is 0 Å². The predicted octanol–water partition coefficient (Wildman–Crippen LogP) is 2.43. The number of nitrogens with one attached hydrogen (secondary N) is 1. The van der Waals surface area contributed by atoms with Crippen LogP contribution in [0.3, 0.4) is 0 Å². The molecule has 100 valence electrons. The van der Waals surface area contributed by atoms with Crippen molar-refractivity contribution < 1.29 is 13.9 Å². The highest BCUT2D eigenvalue weighted by molar-refractivity contribution is 5.24. The number of aliphatic hydroxyl groups excluding tert-OH is 1. The van der Waals surface area contributed by atoms with Crippen molar-refractivity contribution in [1.29, 1.82) is 0 Å². The number of aliphatic hydroxyl groups is 1. The molecule has 18 heavy (non-hydrogen) atoms. The van der Waals surface area contributed by atoms with Crippen molar-refractivity contribution in [3.8, 4) is 0 Å². The molecule has 0 bridgehead atoms. The maximum Gasteiger partial charge on any atom is 0.126 e. The van der Waals surface area contributed by atoms with Gasteiger partial charge in [-0.15, -0.1) is 0 Å². The summed E-state index contributed by atoms with van der Waals surface area (Å²) in [5.74, 6) is -0.556. The molecule has 0 aliphatic carbocycles. The summed E-state index contributed by atoms with van der Waals surface area (Å²) in [4.78, 5) is 0. The molecule has 0 saturated carbocycles. The summed E-state index contributed by atoms with van der Waals surface area (Å²) >= 11 is 0. The number of hydrogen-bond donors (Lipinski definition) is 2. The first-order chi connectivity index (χ1) is 8.72. The summed E-state index contributed by atoms with van der Waals surface area (Å²) in [5.41, 5.74) is 0.413. The standard InChI is InChI=1S/C14H19F2NO/c15-11-1-2-14(16)13(9-11)12(5-8-18)10-3-6-17-7-4-10/h1-2,9-10,12,17-18H,3-8H2. The molecule has 0 aromatic heterocycles. The van der Waals surface area contributed by atoms with Crippen molar-refractivity contribution in [3.63, 3.8) is 0 Å². The molecule has 2 N–H and O–H groups in total. The molecule has 0 amide bonds. The van der Waals surface area contributed by atoms with Crippen LogP contribution in [0.25, 0.3) is 0 Å². The largest absolute Gasteiger partial charge is 0.396 e. The molecule has 2 nitrogen and oxygen atoms in total. The van der Waals surface area contributed by atoms with Crippen LogP contribution in [0.5, 0.6) is 0 Å². The van der Waals surface area contributed by atoms with Gasteiger partial charge in [0.2, 0.25) is 0 Å². The summed E-state index contributed by atoms with van der Waals surface area (Å²) in [6.07, 6.45) is 2.38. The molecule has 1 unspecified atom stereocenters. The topological polar surface area (TPSA) is 32.3 Å². The van der Waals surface area contributed by atoms with E-state index in [1.807, 2.05) is 0 Å². The normalized spacial score (nSPS) is 18.8. The Morgan fingerprint density at radius 1 is 1.28 bits per heavy atom. The highest BCUT2D eigenvalue weighted by atomic mass is 19.1. The van der Waals surface area contributed by atoms with Crippen LogP contribution in [0, 0.1) is 17.6 Å². The lowest BCUT2D eigenvalue weighted by Gasteiger charge is -2.31. The number of benzene rings is 1. The van der Waals surface area contributed by atoms with Gasteiger partial charge in [-0.25, -0.2) is 8.78 Å². The highest BCUT2D eigenvalue weighted by Crippen LogP contribution is 2.35. The van der Waals surface area contributed by atoms with Gasteiger partial charge in [0, 0.05) is 6.61 Å². The molecule has 0 spiro atoms. The molecule has 1 saturated heterocycles. The van der Waals surface area contributed by atoms with Gasteiger partial charge in [-0.2, -0.15) is 0 Å². The number of rotatable bonds is 4. The smallest absolute Gasteiger partial charge is 0.126 e. The first-order valence-corrected chi connectivity index (χ1v) is 6.49. The molecule has 2 rings (SSSR count). The van der Waals surface area contributed by atoms with E-state index in [1.165, 1.54) is 12.1 Å². The van der Waals surface area contributed by atoms with Gasteiger partial charge in [-0.1, -0.05) is 0 Å². The molecule has 1 aliphatic heterocycles. The molecule has 1 heterocycles. The zero-order chi connectivity index (χ0) is 13.0. The maximum atomic E-state index is 13.8. The lowest BCUT2D eigenvalue weighted by Crippen LogP contribution is -2.31. The van der Waals surface area contributed by atoms with E-state index in [0.29, 0.717) is 17.9 Å². The van der Waals surface area contributed by atoms with Crippen LogP contribution in [-0.2, 0) is 0 Å². The van der Waals surface area contributed by atoms with Crippen molar-refractivity contribution >= 4 is 0 Å². The van der Waals surface area contributed by atoms with Crippen molar-refractivity contribution in [2.45, 2.75) is 25.2 Å². The van der Waals surface area contributed by atoms with E-state index in [-0.39, 0.29) is 18.3 Å².